The number of para-hydroxylation sites is 1. The molecule has 3 aromatic rings. The van der Waals surface area contributed by atoms with Gasteiger partial charge in [0.1, 0.15) is 5.52 Å². The third kappa shape index (κ3) is 5.78. The van der Waals surface area contributed by atoms with Gasteiger partial charge >= 0.3 is 0 Å². The number of benzene rings is 2. The third-order valence-electron chi connectivity index (χ3n) is 6.17. The summed E-state index contributed by atoms with van der Waals surface area (Å²) in [6, 6.07) is 12.0. The van der Waals surface area contributed by atoms with Gasteiger partial charge in [0.2, 0.25) is 10.0 Å². The zero-order chi connectivity index (χ0) is 25.0. The molecule has 0 atom stereocenters. The van der Waals surface area contributed by atoms with Crippen LogP contribution in [0.25, 0.3) is 10.2 Å². The van der Waals surface area contributed by atoms with Gasteiger partial charge in [-0.3, -0.25) is 9.69 Å². The van der Waals surface area contributed by atoms with Gasteiger partial charge in [-0.05, 0) is 36.4 Å². The van der Waals surface area contributed by atoms with E-state index in [2.05, 4.69) is 15.1 Å². The van der Waals surface area contributed by atoms with Gasteiger partial charge in [-0.15, -0.1) is 0 Å². The van der Waals surface area contributed by atoms with E-state index < -0.39 is 10.0 Å². The summed E-state index contributed by atoms with van der Waals surface area (Å²) in [7, 11) is -3.53. The van der Waals surface area contributed by atoms with Gasteiger partial charge in [-0.2, -0.15) is 4.31 Å². The van der Waals surface area contributed by atoms with Crippen LogP contribution in [0, 0.1) is 0 Å². The van der Waals surface area contributed by atoms with Crippen LogP contribution in [-0.2, 0) is 10.0 Å². The molecule has 8 nitrogen and oxygen atoms in total. The summed E-state index contributed by atoms with van der Waals surface area (Å²) in [4.78, 5) is 22.0. The minimum atomic E-state index is -3.53. The van der Waals surface area contributed by atoms with Crippen molar-refractivity contribution in [1.82, 2.24) is 19.5 Å². The van der Waals surface area contributed by atoms with Crippen LogP contribution in [0.2, 0.25) is 5.02 Å². The zero-order valence-corrected chi connectivity index (χ0v) is 22.3. The standard InChI is InChI=1S/C24H30ClN5O3S2/c1-3-30(4-2)35(32,33)19-10-8-18(9-11-19)23(31)26-12-13-28-14-16-29(17-15-28)24-27-22-20(25)6-5-7-21(22)34-24/h5-11H,3-4,12-17H2,1-2H3,(H,26,31). The van der Waals surface area contributed by atoms with Gasteiger partial charge in [0.25, 0.3) is 5.91 Å². The highest BCUT2D eigenvalue weighted by Gasteiger charge is 2.22. The average molecular weight is 536 g/mol. The van der Waals surface area contributed by atoms with Gasteiger partial charge in [-0.25, -0.2) is 13.4 Å². The Kier molecular flexibility index (Phi) is 8.28. The molecule has 0 saturated carbocycles. The van der Waals surface area contributed by atoms with Crippen LogP contribution in [0.1, 0.15) is 24.2 Å². The minimum Gasteiger partial charge on any atom is -0.351 e. The predicted molar refractivity (Wildman–Crippen MR) is 142 cm³/mol. The van der Waals surface area contributed by atoms with Gasteiger partial charge < -0.3 is 10.2 Å². The highest BCUT2D eigenvalue weighted by Crippen LogP contribution is 2.33. The molecule has 0 spiro atoms. The van der Waals surface area contributed by atoms with Crippen molar-refractivity contribution in [3.05, 3.63) is 53.1 Å². The van der Waals surface area contributed by atoms with Crippen molar-refractivity contribution in [3.63, 3.8) is 0 Å². The number of halogens is 1. The minimum absolute atomic E-state index is 0.200. The molecular weight excluding hydrogens is 506 g/mol. The molecule has 11 heteroatoms. The molecular formula is C24H30ClN5O3S2. The normalized spacial score (nSPS) is 15.1. The van der Waals surface area contributed by atoms with Crippen molar-refractivity contribution in [3.8, 4) is 0 Å². The molecule has 188 valence electrons. The van der Waals surface area contributed by atoms with Gasteiger partial charge in [0, 0.05) is 57.9 Å². The number of aromatic nitrogens is 1. The van der Waals surface area contributed by atoms with E-state index in [0.29, 0.717) is 30.2 Å². The monoisotopic (exact) mass is 535 g/mol. The molecule has 1 N–H and O–H groups in total. The predicted octanol–water partition coefficient (Wildman–Crippen LogP) is 3.53. The van der Waals surface area contributed by atoms with Gasteiger partial charge in [0.05, 0.1) is 14.6 Å². The lowest BCUT2D eigenvalue weighted by Gasteiger charge is -2.34. The summed E-state index contributed by atoms with van der Waals surface area (Å²) in [5.74, 6) is -0.207. The van der Waals surface area contributed by atoms with Crippen LogP contribution in [0.5, 0.6) is 0 Å². The van der Waals surface area contributed by atoms with E-state index in [1.54, 1.807) is 37.3 Å². The zero-order valence-electron chi connectivity index (χ0n) is 19.9. The summed E-state index contributed by atoms with van der Waals surface area (Å²) in [6.07, 6.45) is 0. The number of hydrogen-bond acceptors (Lipinski definition) is 7. The molecule has 35 heavy (non-hydrogen) atoms. The van der Waals surface area contributed by atoms with Crippen LogP contribution < -0.4 is 10.2 Å². The number of carbonyl (C=O) groups is 1. The maximum Gasteiger partial charge on any atom is 0.251 e. The fraction of sp³-hybridized carbons (Fsp3) is 0.417. The number of thiazole rings is 1. The van der Waals surface area contributed by atoms with Crippen molar-refractivity contribution >= 4 is 54.2 Å². The number of hydrogen-bond donors (Lipinski definition) is 1. The summed E-state index contributed by atoms with van der Waals surface area (Å²) in [5.41, 5.74) is 1.31. The first-order valence-corrected chi connectivity index (χ1v) is 14.4. The first-order valence-electron chi connectivity index (χ1n) is 11.7. The lowest BCUT2D eigenvalue weighted by atomic mass is 10.2. The number of fused-ring (bicyclic) bond motifs is 1. The number of nitrogens with zero attached hydrogens (tertiary/aromatic N) is 4. The van der Waals surface area contributed by atoms with E-state index in [-0.39, 0.29) is 10.8 Å². The third-order valence-corrected chi connectivity index (χ3v) is 9.63. The van der Waals surface area contributed by atoms with Gasteiger partial charge in [0.15, 0.2) is 5.13 Å². The maximum atomic E-state index is 12.6. The molecule has 1 saturated heterocycles. The Hall–Kier alpha value is -2.24. The Balaban J connectivity index is 1.24. The Bertz CT molecular complexity index is 1270. The van der Waals surface area contributed by atoms with Crippen molar-refractivity contribution in [2.75, 3.05) is 57.3 Å². The second-order valence-corrected chi connectivity index (χ2v) is 11.6. The number of sulfonamides is 1. The second-order valence-electron chi connectivity index (χ2n) is 8.28. The van der Waals surface area contributed by atoms with Crippen molar-refractivity contribution in [2.45, 2.75) is 18.7 Å². The summed E-state index contributed by atoms with van der Waals surface area (Å²) in [5, 5.41) is 4.61. The van der Waals surface area contributed by atoms with Crippen LogP contribution in [0.15, 0.2) is 47.4 Å². The van der Waals surface area contributed by atoms with Crippen molar-refractivity contribution in [1.29, 1.82) is 0 Å². The highest BCUT2D eigenvalue weighted by molar-refractivity contribution is 7.89. The Labute approximate surface area is 215 Å². The number of rotatable bonds is 9. The quantitative estimate of drug-likeness (QED) is 0.451. The average Bonchev–Trinajstić information content (AvgIpc) is 3.31. The highest BCUT2D eigenvalue weighted by atomic mass is 35.5. The van der Waals surface area contributed by atoms with Crippen molar-refractivity contribution in [2.24, 2.45) is 0 Å². The van der Waals surface area contributed by atoms with E-state index in [0.717, 1.165) is 48.1 Å². The SMILES string of the molecule is CCN(CC)S(=O)(=O)c1ccc(C(=O)NCCN2CCN(c3nc4c(Cl)cccc4s3)CC2)cc1. The molecule has 1 aromatic heterocycles. The van der Waals surface area contributed by atoms with E-state index in [1.165, 1.54) is 16.4 Å². The summed E-state index contributed by atoms with van der Waals surface area (Å²) in [6.45, 7) is 9.21. The molecule has 4 rings (SSSR count). The van der Waals surface area contributed by atoms with E-state index in [9.17, 15) is 13.2 Å². The van der Waals surface area contributed by atoms with Crippen LogP contribution >= 0.6 is 22.9 Å². The first kappa shape index (κ1) is 25.8. The Morgan fingerprint density at radius 2 is 1.77 bits per heavy atom. The summed E-state index contributed by atoms with van der Waals surface area (Å²) < 4.78 is 27.7. The largest absolute Gasteiger partial charge is 0.351 e. The number of piperazine rings is 1. The number of carbonyl (C=O) groups excluding carboxylic acids is 1. The Morgan fingerprint density at radius 3 is 2.40 bits per heavy atom. The first-order chi connectivity index (χ1) is 16.8. The van der Waals surface area contributed by atoms with E-state index in [1.807, 2.05) is 18.2 Å². The van der Waals surface area contributed by atoms with Crippen molar-refractivity contribution < 1.29 is 13.2 Å². The molecule has 1 aliphatic heterocycles. The number of nitrogens with one attached hydrogen (secondary N) is 1. The number of anilines is 1. The van der Waals surface area contributed by atoms with Gasteiger partial charge in [-0.1, -0.05) is 42.9 Å². The molecule has 0 unspecified atom stereocenters. The van der Waals surface area contributed by atoms with Crippen LogP contribution in [0.3, 0.4) is 0 Å². The van der Waals surface area contributed by atoms with E-state index >= 15 is 0 Å². The fourth-order valence-electron chi connectivity index (χ4n) is 4.12. The molecule has 0 bridgehead atoms. The van der Waals surface area contributed by atoms with Crippen LogP contribution in [0.4, 0.5) is 5.13 Å². The van der Waals surface area contributed by atoms with E-state index in [4.69, 9.17) is 16.6 Å². The molecule has 0 radical (unpaired) electrons. The molecule has 2 aromatic carbocycles. The topological polar surface area (TPSA) is 85.8 Å². The number of amides is 1. The lowest BCUT2D eigenvalue weighted by molar-refractivity contribution is 0.0947. The lowest BCUT2D eigenvalue weighted by Crippen LogP contribution is -2.48. The Morgan fingerprint density at radius 1 is 1.09 bits per heavy atom. The molecule has 0 aliphatic carbocycles. The van der Waals surface area contributed by atoms with Crippen LogP contribution in [-0.4, -0.2) is 80.9 Å². The molecule has 1 amide bonds. The second kappa shape index (κ2) is 11.2. The summed E-state index contributed by atoms with van der Waals surface area (Å²) >= 11 is 7.93. The molecule has 2 heterocycles. The fourth-order valence-corrected chi connectivity index (χ4v) is 6.90. The molecule has 1 aliphatic rings. The smallest absolute Gasteiger partial charge is 0.251 e. The maximum absolute atomic E-state index is 12.6. The molecule has 1 fully saturated rings.